The molecule has 0 fully saturated rings. The molecular formula is C12H14N2O3S. The molecule has 0 aliphatic heterocycles. The van der Waals surface area contributed by atoms with Crippen LogP contribution in [0.15, 0.2) is 22.8 Å². The molecule has 2 heterocycles. The number of aliphatic hydroxyl groups excluding tert-OH is 1. The number of hydrogen-bond acceptors (Lipinski definition) is 5. The van der Waals surface area contributed by atoms with Crippen molar-refractivity contribution in [3.63, 3.8) is 0 Å². The van der Waals surface area contributed by atoms with E-state index in [1.54, 1.807) is 25.3 Å². The molecule has 0 unspecified atom stereocenters. The average molecular weight is 266 g/mol. The highest BCUT2D eigenvalue weighted by molar-refractivity contribution is 7.15. The third kappa shape index (κ3) is 2.60. The van der Waals surface area contributed by atoms with Crippen LogP contribution in [0.1, 0.15) is 22.3 Å². The molecule has 5 nitrogen and oxygen atoms in total. The predicted molar refractivity (Wildman–Crippen MR) is 68.6 cm³/mol. The van der Waals surface area contributed by atoms with E-state index in [0.717, 1.165) is 4.88 Å². The number of aliphatic hydroxyl groups is 1. The zero-order valence-electron chi connectivity index (χ0n) is 10.1. The summed E-state index contributed by atoms with van der Waals surface area (Å²) < 4.78 is 5.25. The molecule has 6 heteroatoms. The first kappa shape index (κ1) is 12.8. The van der Waals surface area contributed by atoms with Gasteiger partial charge in [-0.15, -0.1) is 11.3 Å². The van der Waals surface area contributed by atoms with E-state index in [9.17, 15) is 4.79 Å². The molecule has 1 amide bonds. The van der Waals surface area contributed by atoms with Gasteiger partial charge in [-0.05, 0) is 26.0 Å². The Hall–Kier alpha value is -1.66. The number of carbonyl (C=O) groups is 1. The summed E-state index contributed by atoms with van der Waals surface area (Å²) in [5, 5.41) is 12.3. The fraction of sp³-hybridized carbons (Fsp3) is 0.333. The third-order valence-corrected chi connectivity index (χ3v) is 3.38. The van der Waals surface area contributed by atoms with Gasteiger partial charge in [0.25, 0.3) is 5.91 Å². The van der Waals surface area contributed by atoms with E-state index in [1.165, 1.54) is 11.3 Å². The minimum absolute atomic E-state index is 0.0973. The van der Waals surface area contributed by atoms with Crippen LogP contribution < -0.4 is 5.32 Å². The smallest absolute Gasteiger partial charge is 0.271 e. The first-order valence-corrected chi connectivity index (χ1v) is 6.36. The number of nitrogens with one attached hydrogen (secondary N) is 1. The van der Waals surface area contributed by atoms with E-state index < -0.39 is 0 Å². The summed E-state index contributed by atoms with van der Waals surface area (Å²) in [7, 11) is 0. The first-order chi connectivity index (χ1) is 8.61. The van der Waals surface area contributed by atoms with E-state index in [0.29, 0.717) is 16.5 Å². The van der Waals surface area contributed by atoms with Gasteiger partial charge in [-0.25, -0.2) is 4.98 Å². The SMILES string of the molecule is Cc1sc(-c2ccco2)nc1C(=O)N[C@H](C)CO. The van der Waals surface area contributed by atoms with Crippen LogP contribution in [0.25, 0.3) is 10.8 Å². The van der Waals surface area contributed by atoms with E-state index in [-0.39, 0.29) is 18.6 Å². The van der Waals surface area contributed by atoms with Crippen molar-refractivity contribution in [2.45, 2.75) is 19.9 Å². The number of thiazole rings is 1. The highest BCUT2D eigenvalue weighted by atomic mass is 32.1. The summed E-state index contributed by atoms with van der Waals surface area (Å²) in [4.78, 5) is 17.0. The molecule has 0 radical (unpaired) electrons. The number of aryl methyl sites for hydroxylation is 1. The molecule has 0 aliphatic rings. The zero-order chi connectivity index (χ0) is 13.1. The van der Waals surface area contributed by atoms with Crippen LogP contribution in [0, 0.1) is 6.92 Å². The lowest BCUT2D eigenvalue weighted by atomic mass is 10.3. The molecule has 0 bridgehead atoms. The molecular weight excluding hydrogens is 252 g/mol. The van der Waals surface area contributed by atoms with Crippen LogP contribution in [-0.4, -0.2) is 28.6 Å². The molecule has 2 aromatic rings. The van der Waals surface area contributed by atoms with Crippen molar-refractivity contribution < 1.29 is 14.3 Å². The van der Waals surface area contributed by atoms with Crippen molar-refractivity contribution >= 4 is 17.2 Å². The number of carbonyl (C=O) groups excluding carboxylic acids is 1. The van der Waals surface area contributed by atoms with Crippen molar-refractivity contribution in [2.24, 2.45) is 0 Å². The molecule has 0 saturated heterocycles. The van der Waals surface area contributed by atoms with Gasteiger partial charge in [0.15, 0.2) is 10.8 Å². The second kappa shape index (κ2) is 5.32. The Morgan fingerprint density at radius 1 is 1.67 bits per heavy atom. The van der Waals surface area contributed by atoms with Gasteiger partial charge in [0.05, 0.1) is 12.9 Å². The standard InChI is InChI=1S/C12H14N2O3S/c1-7(6-15)13-11(16)10-8(2)18-12(14-10)9-4-3-5-17-9/h3-5,7,15H,6H2,1-2H3,(H,13,16)/t7-/m1/s1. The number of furan rings is 1. The summed E-state index contributed by atoms with van der Waals surface area (Å²) in [6.07, 6.45) is 1.57. The Labute approximate surface area is 108 Å². The normalized spacial score (nSPS) is 12.4. The Kier molecular flexibility index (Phi) is 3.78. The molecule has 0 aliphatic carbocycles. The molecule has 18 heavy (non-hydrogen) atoms. The maximum Gasteiger partial charge on any atom is 0.271 e. The average Bonchev–Trinajstić information content (AvgIpc) is 2.97. The Balaban J connectivity index is 2.22. The van der Waals surface area contributed by atoms with Crippen molar-refractivity contribution in [3.8, 4) is 10.8 Å². The van der Waals surface area contributed by atoms with Crippen molar-refractivity contribution in [3.05, 3.63) is 29.0 Å². The van der Waals surface area contributed by atoms with E-state index in [1.807, 2.05) is 6.92 Å². The first-order valence-electron chi connectivity index (χ1n) is 5.55. The maximum atomic E-state index is 11.9. The summed E-state index contributed by atoms with van der Waals surface area (Å²) in [6.45, 7) is 3.47. The van der Waals surface area contributed by atoms with E-state index in [4.69, 9.17) is 9.52 Å². The fourth-order valence-electron chi connectivity index (χ4n) is 1.45. The molecule has 0 spiro atoms. The summed E-state index contributed by atoms with van der Waals surface area (Å²) in [6, 6.07) is 3.29. The second-order valence-electron chi connectivity index (χ2n) is 3.96. The number of aromatic nitrogens is 1. The van der Waals surface area contributed by atoms with Gasteiger partial charge in [0.1, 0.15) is 5.69 Å². The molecule has 1 atom stereocenters. The van der Waals surface area contributed by atoms with Gasteiger partial charge in [-0.2, -0.15) is 0 Å². The largest absolute Gasteiger partial charge is 0.462 e. The van der Waals surface area contributed by atoms with Crippen LogP contribution in [0.3, 0.4) is 0 Å². The zero-order valence-corrected chi connectivity index (χ0v) is 11.0. The summed E-state index contributed by atoms with van der Waals surface area (Å²) in [5.41, 5.74) is 0.381. The van der Waals surface area contributed by atoms with E-state index >= 15 is 0 Å². The monoisotopic (exact) mass is 266 g/mol. The number of rotatable bonds is 4. The number of amides is 1. The van der Waals surface area contributed by atoms with Gasteiger partial charge in [-0.3, -0.25) is 4.79 Å². The predicted octanol–water partition coefficient (Wildman–Crippen LogP) is 1.82. The van der Waals surface area contributed by atoms with E-state index in [2.05, 4.69) is 10.3 Å². The lowest BCUT2D eigenvalue weighted by molar-refractivity contribution is 0.0917. The summed E-state index contributed by atoms with van der Waals surface area (Å²) in [5.74, 6) is 0.375. The lowest BCUT2D eigenvalue weighted by Crippen LogP contribution is -2.35. The summed E-state index contributed by atoms with van der Waals surface area (Å²) >= 11 is 1.41. The van der Waals surface area contributed by atoms with Gasteiger partial charge >= 0.3 is 0 Å². The van der Waals surface area contributed by atoms with Crippen molar-refractivity contribution in [1.29, 1.82) is 0 Å². The van der Waals surface area contributed by atoms with Gasteiger partial charge in [-0.1, -0.05) is 0 Å². The maximum absolute atomic E-state index is 11.9. The molecule has 2 aromatic heterocycles. The molecule has 96 valence electrons. The second-order valence-corrected chi connectivity index (χ2v) is 5.16. The van der Waals surface area contributed by atoms with Gasteiger partial charge < -0.3 is 14.8 Å². The third-order valence-electron chi connectivity index (χ3n) is 2.39. The minimum atomic E-state index is -0.286. The quantitative estimate of drug-likeness (QED) is 0.885. The van der Waals surface area contributed by atoms with Crippen LogP contribution in [0.4, 0.5) is 0 Å². The Bertz CT molecular complexity index is 534. The van der Waals surface area contributed by atoms with Gasteiger partial charge in [0, 0.05) is 10.9 Å². The molecule has 2 rings (SSSR count). The van der Waals surface area contributed by atoms with Crippen LogP contribution >= 0.6 is 11.3 Å². The minimum Gasteiger partial charge on any atom is -0.462 e. The van der Waals surface area contributed by atoms with Gasteiger partial charge in [0.2, 0.25) is 0 Å². The van der Waals surface area contributed by atoms with Crippen LogP contribution in [0.2, 0.25) is 0 Å². The molecule has 0 aromatic carbocycles. The fourth-order valence-corrected chi connectivity index (χ4v) is 2.33. The van der Waals surface area contributed by atoms with Crippen LogP contribution in [-0.2, 0) is 0 Å². The lowest BCUT2D eigenvalue weighted by Gasteiger charge is -2.09. The highest BCUT2D eigenvalue weighted by Crippen LogP contribution is 2.27. The number of hydrogen-bond donors (Lipinski definition) is 2. The Morgan fingerprint density at radius 2 is 2.44 bits per heavy atom. The molecule has 2 N–H and O–H groups in total. The van der Waals surface area contributed by atoms with Crippen molar-refractivity contribution in [1.82, 2.24) is 10.3 Å². The number of nitrogens with zero attached hydrogens (tertiary/aromatic N) is 1. The Morgan fingerprint density at radius 3 is 3.06 bits per heavy atom. The topological polar surface area (TPSA) is 75.4 Å². The molecule has 0 saturated carbocycles. The van der Waals surface area contributed by atoms with Crippen molar-refractivity contribution in [2.75, 3.05) is 6.61 Å². The van der Waals surface area contributed by atoms with Crippen LogP contribution in [0.5, 0.6) is 0 Å². The highest BCUT2D eigenvalue weighted by Gasteiger charge is 2.18.